The highest BCUT2D eigenvalue weighted by Crippen LogP contribution is 2.11. The highest BCUT2D eigenvalue weighted by atomic mass is 16.2. The maximum atomic E-state index is 11.2. The second kappa shape index (κ2) is 6.19. The summed E-state index contributed by atoms with van der Waals surface area (Å²) in [5.41, 5.74) is 2.59. The van der Waals surface area contributed by atoms with Crippen molar-refractivity contribution in [1.82, 2.24) is 20.6 Å². The highest BCUT2D eigenvalue weighted by molar-refractivity contribution is 5.77. The van der Waals surface area contributed by atoms with E-state index in [1.807, 2.05) is 18.2 Å². The van der Waals surface area contributed by atoms with Crippen molar-refractivity contribution in [1.29, 1.82) is 0 Å². The van der Waals surface area contributed by atoms with Crippen LogP contribution in [0.4, 0.5) is 0 Å². The van der Waals surface area contributed by atoms with Gasteiger partial charge in [0, 0.05) is 6.54 Å². The topological polar surface area (TPSA) is 89.8 Å². The molecule has 0 radical (unpaired) electrons. The monoisotopic (exact) mass is 262 g/mol. The van der Waals surface area contributed by atoms with Gasteiger partial charge in [0.1, 0.15) is 0 Å². The van der Waals surface area contributed by atoms with Crippen LogP contribution in [0.1, 0.15) is 12.0 Å². The van der Waals surface area contributed by atoms with Gasteiger partial charge in [0.05, 0.1) is 17.6 Å². The van der Waals surface area contributed by atoms with Gasteiger partial charge in [-0.1, -0.05) is 6.07 Å². The van der Waals surface area contributed by atoms with Gasteiger partial charge in [-0.05, 0) is 37.6 Å². The van der Waals surface area contributed by atoms with Crippen LogP contribution >= 0.6 is 0 Å². The Bertz CT molecular complexity index is 614. The fourth-order valence-electron chi connectivity index (χ4n) is 1.98. The Hall–Kier alpha value is -2.08. The second-order valence-electron chi connectivity index (χ2n) is 4.44. The van der Waals surface area contributed by atoms with E-state index >= 15 is 0 Å². The molecule has 2 aromatic rings. The van der Waals surface area contributed by atoms with Gasteiger partial charge in [0.25, 0.3) is 0 Å². The lowest BCUT2D eigenvalue weighted by molar-refractivity contribution is -0.120. The zero-order chi connectivity index (χ0) is 13.7. The van der Waals surface area contributed by atoms with Crippen molar-refractivity contribution in [3.8, 4) is 0 Å². The summed E-state index contributed by atoms with van der Waals surface area (Å²) in [4.78, 5) is 27.8. The molecule has 102 valence electrons. The number of carbonyl (C=O) groups excluding carboxylic acids is 1. The smallest absolute Gasteiger partial charge is 0.323 e. The van der Waals surface area contributed by atoms with Gasteiger partial charge in [0.15, 0.2) is 0 Å². The predicted molar refractivity (Wildman–Crippen MR) is 74.2 cm³/mol. The van der Waals surface area contributed by atoms with Crippen LogP contribution in [0.25, 0.3) is 11.0 Å². The molecule has 1 amide bonds. The van der Waals surface area contributed by atoms with Crippen molar-refractivity contribution < 1.29 is 4.79 Å². The number of imidazole rings is 1. The Balaban J connectivity index is 1.84. The van der Waals surface area contributed by atoms with E-state index in [-0.39, 0.29) is 11.6 Å². The summed E-state index contributed by atoms with van der Waals surface area (Å²) in [5, 5.41) is 5.63. The molecule has 2 rings (SSSR count). The zero-order valence-corrected chi connectivity index (χ0v) is 10.9. The van der Waals surface area contributed by atoms with Crippen molar-refractivity contribution in [3.63, 3.8) is 0 Å². The van der Waals surface area contributed by atoms with Crippen molar-refractivity contribution in [3.05, 3.63) is 34.2 Å². The number of likely N-dealkylation sites (N-methyl/N-ethyl adjacent to an activating group) is 1. The third-order valence-electron chi connectivity index (χ3n) is 2.88. The molecule has 19 heavy (non-hydrogen) atoms. The van der Waals surface area contributed by atoms with Gasteiger partial charge < -0.3 is 20.6 Å². The fraction of sp³-hybridized carbons (Fsp3) is 0.385. The van der Waals surface area contributed by atoms with Crippen LogP contribution in [0.3, 0.4) is 0 Å². The number of carbonyl (C=O) groups is 1. The first-order chi connectivity index (χ1) is 9.19. The molecule has 6 nitrogen and oxygen atoms in total. The minimum atomic E-state index is -0.188. The molecule has 0 atom stereocenters. The Kier molecular flexibility index (Phi) is 4.35. The van der Waals surface area contributed by atoms with Crippen LogP contribution in [-0.2, 0) is 11.2 Å². The van der Waals surface area contributed by atoms with Crippen molar-refractivity contribution in [2.24, 2.45) is 0 Å². The van der Waals surface area contributed by atoms with Gasteiger partial charge in [-0.3, -0.25) is 4.79 Å². The largest absolute Gasteiger partial charge is 0.355 e. The van der Waals surface area contributed by atoms with Crippen molar-refractivity contribution >= 4 is 16.9 Å². The van der Waals surface area contributed by atoms with E-state index in [2.05, 4.69) is 20.6 Å². The molecule has 0 aliphatic rings. The number of amides is 1. The highest BCUT2D eigenvalue weighted by Gasteiger charge is 2.01. The summed E-state index contributed by atoms with van der Waals surface area (Å²) in [6.45, 7) is 0.999. The molecular weight excluding hydrogens is 244 g/mol. The van der Waals surface area contributed by atoms with E-state index in [4.69, 9.17) is 0 Å². The molecular formula is C13H18N4O2. The standard InChI is InChI=1S/C13H18N4O2/c1-14-8-12(18)15-6-2-3-9-4-5-10-11(7-9)17-13(19)16-10/h4-5,7,14H,2-3,6,8H2,1H3,(H,15,18)(H2,16,17,19). The third-order valence-corrected chi connectivity index (χ3v) is 2.88. The van der Waals surface area contributed by atoms with Crippen molar-refractivity contribution in [2.75, 3.05) is 20.1 Å². The summed E-state index contributed by atoms with van der Waals surface area (Å²) in [7, 11) is 1.74. The van der Waals surface area contributed by atoms with E-state index in [0.717, 1.165) is 29.4 Å². The first-order valence-corrected chi connectivity index (χ1v) is 6.31. The number of aromatic amines is 2. The third kappa shape index (κ3) is 3.69. The Morgan fingerprint density at radius 1 is 1.26 bits per heavy atom. The zero-order valence-electron chi connectivity index (χ0n) is 10.9. The molecule has 0 aliphatic carbocycles. The lowest BCUT2D eigenvalue weighted by Crippen LogP contribution is -2.32. The SMILES string of the molecule is CNCC(=O)NCCCc1ccc2[nH]c(=O)[nH]c2c1. The fourth-order valence-corrected chi connectivity index (χ4v) is 1.98. The van der Waals surface area contributed by atoms with Gasteiger partial charge in [0.2, 0.25) is 5.91 Å². The number of rotatable bonds is 6. The average Bonchev–Trinajstić information content (AvgIpc) is 2.74. The number of hydrogen-bond acceptors (Lipinski definition) is 3. The number of aryl methyl sites for hydroxylation is 1. The normalized spacial score (nSPS) is 10.8. The van der Waals surface area contributed by atoms with E-state index in [0.29, 0.717) is 13.1 Å². The Morgan fingerprint density at radius 2 is 2.05 bits per heavy atom. The maximum absolute atomic E-state index is 11.2. The number of H-pyrrole nitrogens is 2. The Morgan fingerprint density at radius 3 is 2.84 bits per heavy atom. The van der Waals surface area contributed by atoms with Gasteiger partial charge in [-0.25, -0.2) is 4.79 Å². The van der Waals surface area contributed by atoms with Gasteiger partial charge in [-0.2, -0.15) is 0 Å². The summed E-state index contributed by atoms with van der Waals surface area (Å²) in [5.74, 6) is 0.00733. The lowest BCUT2D eigenvalue weighted by atomic mass is 10.1. The van der Waals surface area contributed by atoms with Crippen LogP contribution in [0, 0.1) is 0 Å². The van der Waals surface area contributed by atoms with Gasteiger partial charge >= 0.3 is 5.69 Å². The lowest BCUT2D eigenvalue weighted by Gasteiger charge is -2.05. The average molecular weight is 262 g/mol. The number of benzene rings is 1. The van der Waals surface area contributed by atoms with Crippen LogP contribution in [-0.4, -0.2) is 36.0 Å². The minimum Gasteiger partial charge on any atom is -0.355 e. The minimum absolute atomic E-state index is 0.00733. The molecule has 0 bridgehead atoms. The molecule has 6 heteroatoms. The summed E-state index contributed by atoms with van der Waals surface area (Å²) in [6, 6.07) is 5.84. The van der Waals surface area contributed by atoms with E-state index in [1.54, 1.807) is 7.05 Å². The number of aromatic nitrogens is 2. The number of fused-ring (bicyclic) bond motifs is 1. The van der Waals surface area contributed by atoms with Crippen LogP contribution < -0.4 is 16.3 Å². The molecule has 0 saturated carbocycles. The molecule has 1 heterocycles. The number of nitrogens with one attached hydrogen (secondary N) is 4. The second-order valence-corrected chi connectivity index (χ2v) is 4.44. The molecule has 0 fully saturated rings. The van der Waals surface area contributed by atoms with Crippen LogP contribution in [0.5, 0.6) is 0 Å². The molecule has 4 N–H and O–H groups in total. The number of hydrogen-bond donors (Lipinski definition) is 4. The molecule has 0 saturated heterocycles. The van der Waals surface area contributed by atoms with E-state index < -0.39 is 0 Å². The molecule has 0 aliphatic heterocycles. The van der Waals surface area contributed by atoms with Gasteiger partial charge in [-0.15, -0.1) is 0 Å². The summed E-state index contributed by atoms with van der Waals surface area (Å²) < 4.78 is 0. The molecule has 0 unspecified atom stereocenters. The first kappa shape index (κ1) is 13.4. The quantitative estimate of drug-likeness (QED) is 0.558. The Labute approximate surface area is 110 Å². The van der Waals surface area contributed by atoms with E-state index in [9.17, 15) is 9.59 Å². The van der Waals surface area contributed by atoms with Crippen LogP contribution in [0.15, 0.2) is 23.0 Å². The predicted octanol–water partition coefficient (Wildman–Crippen LogP) is 0.124. The molecule has 1 aromatic carbocycles. The maximum Gasteiger partial charge on any atom is 0.323 e. The van der Waals surface area contributed by atoms with Crippen LogP contribution in [0.2, 0.25) is 0 Å². The first-order valence-electron chi connectivity index (χ1n) is 6.31. The molecule has 0 spiro atoms. The summed E-state index contributed by atoms with van der Waals surface area (Å²) in [6.07, 6.45) is 1.73. The molecule has 1 aromatic heterocycles. The van der Waals surface area contributed by atoms with E-state index in [1.165, 1.54) is 0 Å². The van der Waals surface area contributed by atoms with Crippen molar-refractivity contribution in [2.45, 2.75) is 12.8 Å². The summed E-state index contributed by atoms with van der Waals surface area (Å²) >= 11 is 0.